The number of nitrogens with zero attached hydrogens (tertiary/aromatic N) is 2. The fourth-order valence-electron chi connectivity index (χ4n) is 2.51. The van der Waals surface area contributed by atoms with Crippen molar-refractivity contribution in [3.05, 3.63) is 89.7 Å². The lowest BCUT2D eigenvalue weighted by Gasteiger charge is -2.13. The zero-order valence-electron chi connectivity index (χ0n) is 14.7. The summed E-state index contributed by atoms with van der Waals surface area (Å²) in [6.45, 7) is 6.30. The van der Waals surface area contributed by atoms with E-state index in [1.807, 2.05) is 42.5 Å². The summed E-state index contributed by atoms with van der Waals surface area (Å²) in [4.78, 5) is 9.46. The molecule has 0 aliphatic rings. The molecule has 25 heavy (non-hydrogen) atoms. The van der Waals surface area contributed by atoms with Crippen LogP contribution in [0.5, 0.6) is 5.75 Å². The number of aliphatic imine (C=N–C) groups is 1. The number of benzene rings is 2. The van der Waals surface area contributed by atoms with Crippen molar-refractivity contribution in [3.63, 3.8) is 0 Å². The summed E-state index contributed by atoms with van der Waals surface area (Å²) in [5.41, 5.74) is 4.72. The van der Waals surface area contributed by atoms with Crippen LogP contribution in [0.4, 0.5) is 5.69 Å². The highest BCUT2D eigenvalue weighted by molar-refractivity contribution is 6.49. The standard InChI is InChI=1S/C21H21N2OSi/c1-16-12-13-20(24-25(2)3)19(15-16)23-21(17-9-5-4-6-10-17)18-11-7-8-14-22-18/h4-15H,1-3H3. The van der Waals surface area contributed by atoms with Gasteiger partial charge < -0.3 is 4.43 Å². The van der Waals surface area contributed by atoms with Gasteiger partial charge in [-0.2, -0.15) is 0 Å². The second-order valence-electron chi connectivity index (χ2n) is 6.02. The number of hydrogen-bond donors (Lipinski definition) is 0. The Balaban J connectivity index is 2.15. The minimum atomic E-state index is -0.870. The number of pyridine rings is 1. The first kappa shape index (κ1) is 17.1. The van der Waals surface area contributed by atoms with Crippen molar-refractivity contribution in [2.24, 2.45) is 4.99 Å². The Hall–Kier alpha value is -2.72. The van der Waals surface area contributed by atoms with Crippen molar-refractivity contribution in [2.75, 3.05) is 0 Å². The van der Waals surface area contributed by atoms with Crippen LogP contribution < -0.4 is 4.43 Å². The number of aromatic nitrogens is 1. The van der Waals surface area contributed by atoms with Gasteiger partial charge in [-0.25, -0.2) is 4.99 Å². The van der Waals surface area contributed by atoms with E-state index in [1.165, 1.54) is 0 Å². The third kappa shape index (κ3) is 4.42. The van der Waals surface area contributed by atoms with Crippen LogP contribution in [0.15, 0.2) is 77.9 Å². The highest BCUT2D eigenvalue weighted by Crippen LogP contribution is 2.30. The van der Waals surface area contributed by atoms with Gasteiger partial charge in [0.2, 0.25) is 0 Å². The fraction of sp³-hybridized carbons (Fsp3) is 0.143. The van der Waals surface area contributed by atoms with Gasteiger partial charge in [0, 0.05) is 11.8 Å². The molecular weight excluding hydrogens is 324 g/mol. The lowest BCUT2D eigenvalue weighted by molar-refractivity contribution is 0.582. The van der Waals surface area contributed by atoms with Gasteiger partial charge in [-0.05, 0) is 49.8 Å². The molecule has 1 heterocycles. The van der Waals surface area contributed by atoms with Crippen molar-refractivity contribution >= 4 is 20.4 Å². The Labute approximate surface area is 150 Å². The molecule has 0 spiro atoms. The summed E-state index contributed by atoms with van der Waals surface area (Å²) in [5, 5.41) is 0. The molecule has 0 N–H and O–H groups in total. The first-order chi connectivity index (χ1) is 12.1. The van der Waals surface area contributed by atoms with E-state index in [0.717, 1.165) is 34.0 Å². The van der Waals surface area contributed by atoms with Gasteiger partial charge in [0.15, 0.2) is 0 Å². The molecule has 3 rings (SSSR count). The molecule has 0 fully saturated rings. The average Bonchev–Trinajstić information content (AvgIpc) is 2.63. The molecule has 3 aromatic rings. The zero-order valence-corrected chi connectivity index (χ0v) is 15.7. The predicted octanol–water partition coefficient (Wildman–Crippen LogP) is 5.19. The molecule has 4 heteroatoms. The summed E-state index contributed by atoms with van der Waals surface area (Å²) in [7, 11) is -0.870. The van der Waals surface area contributed by atoms with E-state index in [-0.39, 0.29) is 0 Å². The van der Waals surface area contributed by atoms with Gasteiger partial charge in [0.25, 0.3) is 9.04 Å². The van der Waals surface area contributed by atoms with Crippen LogP contribution in [0.25, 0.3) is 0 Å². The summed E-state index contributed by atoms with van der Waals surface area (Å²) in [6.07, 6.45) is 1.79. The second-order valence-corrected chi connectivity index (χ2v) is 8.04. The van der Waals surface area contributed by atoms with Crippen molar-refractivity contribution in [1.29, 1.82) is 0 Å². The Kier molecular flexibility index (Phi) is 5.41. The minimum absolute atomic E-state index is 0.828. The minimum Gasteiger partial charge on any atom is -0.541 e. The average molecular weight is 345 g/mol. The van der Waals surface area contributed by atoms with Crippen LogP contribution in [0.3, 0.4) is 0 Å². The van der Waals surface area contributed by atoms with Gasteiger partial charge in [-0.3, -0.25) is 4.98 Å². The van der Waals surface area contributed by atoms with E-state index in [0.29, 0.717) is 0 Å². The maximum Gasteiger partial charge on any atom is 0.274 e. The van der Waals surface area contributed by atoms with Gasteiger partial charge >= 0.3 is 0 Å². The predicted molar refractivity (Wildman–Crippen MR) is 105 cm³/mol. The highest BCUT2D eigenvalue weighted by atomic mass is 28.3. The molecule has 125 valence electrons. The van der Waals surface area contributed by atoms with Crippen molar-refractivity contribution in [3.8, 4) is 5.75 Å². The van der Waals surface area contributed by atoms with Crippen molar-refractivity contribution in [2.45, 2.75) is 20.0 Å². The largest absolute Gasteiger partial charge is 0.541 e. The molecule has 0 saturated heterocycles. The maximum atomic E-state index is 6.05. The Morgan fingerprint density at radius 2 is 1.72 bits per heavy atom. The smallest absolute Gasteiger partial charge is 0.274 e. The van der Waals surface area contributed by atoms with Gasteiger partial charge in [-0.15, -0.1) is 0 Å². The second kappa shape index (κ2) is 7.90. The number of hydrogen-bond acceptors (Lipinski definition) is 3. The third-order valence-corrected chi connectivity index (χ3v) is 4.24. The van der Waals surface area contributed by atoms with E-state index in [1.54, 1.807) is 6.20 Å². The quantitative estimate of drug-likeness (QED) is 0.471. The highest BCUT2D eigenvalue weighted by Gasteiger charge is 2.12. The Morgan fingerprint density at radius 3 is 2.40 bits per heavy atom. The van der Waals surface area contributed by atoms with Crippen molar-refractivity contribution in [1.82, 2.24) is 4.98 Å². The van der Waals surface area contributed by atoms with E-state index in [4.69, 9.17) is 9.42 Å². The molecule has 0 saturated carbocycles. The Morgan fingerprint density at radius 1 is 0.960 bits per heavy atom. The van der Waals surface area contributed by atoms with Crippen LogP contribution in [0.1, 0.15) is 16.8 Å². The van der Waals surface area contributed by atoms with Gasteiger partial charge in [0.1, 0.15) is 11.4 Å². The van der Waals surface area contributed by atoms with Crippen LogP contribution in [-0.2, 0) is 0 Å². The molecule has 3 nitrogen and oxygen atoms in total. The fourth-order valence-corrected chi connectivity index (χ4v) is 3.12. The van der Waals surface area contributed by atoms with E-state index in [2.05, 4.69) is 49.3 Å². The van der Waals surface area contributed by atoms with Crippen LogP contribution >= 0.6 is 0 Å². The molecule has 0 atom stereocenters. The van der Waals surface area contributed by atoms with Crippen molar-refractivity contribution < 1.29 is 4.43 Å². The SMILES string of the molecule is Cc1ccc(O[Si](C)C)c(N=C(c2ccccc2)c2ccccn2)c1. The summed E-state index contributed by atoms with van der Waals surface area (Å²) in [6, 6.07) is 22.1. The lowest BCUT2D eigenvalue weighted by Crippen LogP contribution is -2.11. The molecule has 2 aromatic carbocycles. The van der Waals surface area contributed by atoms with E-state index in [9.17, 15) is 0 Å². The Bertz CT molecular complexity index is 820. The monoisotopic (exact) mass is 345 g/mol. The third-order valence-electron chi connectivity index (χ3n) is 3.62. The first-order valence-electron chi connectivity index (χ1n) is 8.27. The number of rotatable bonds is 5. The first-order valence-corrected chi connectivity index (χ1v) is 10.7. The lowest BCUT2D eigenvalue weighted by atomic mass is 10.1. The molecular formula is C21H21N2OSi. The molecule has 1 aromatic heterocycles. The van der Waals surface area contributed by atoms with Gasteiger partial charge in [-0.1, -0.05) is 42.5 Å². The normalized spacial score (nSPS) is 11.6. The molecule has 0 amide bonds. The van der Waals surface area contributed by atoms with Crippen LogP contribution in [0, 0.1) is 6.92 Å². The zero-order chi connectivity index (χ0) is 17.6. The summed E-state index contributed by atoms with van der Waals surface area (Å²) < 4.78 is 6.05. The van der Waals surface area contributed by atoms with Crippen LogP contribution in [0.2, 0.25) is 13.1 Å². The molecule has 0 unspecified atom stereocenters. The number of aryl methyl sites for hydroxylation is 1. The molecule has 0 aliphatic heterocycles. The van der Waals surface area contributed by atoms with Crippen LogP contribution in [-0.4, -0.2) is 19.7 Å². The van der Waals surface area contributed by atoms with E-state index < -0.39 is 9.04 Å². The molecule has 1 radical (unpaired) electrons. The topological polar surface area (TPSA) is 34.5 Å². The summed E-state index contributed by atoms with van der Waals surface area (Å²) in [5.74, 6) is 0.828. The van der Waals surface area contributed by atoms with Gasteiger partial charge in [0.05, 0.1) is 11.4 Å². The maximum absolute atomic E-state index is 6.05. The molecule has 0 aliphatic carbocycles. The van der Waals surface area contributed by atoms with E-state index >= 15 is 0 Å². The summed E-state index contributed by atoms with van der Waals surface area (Å²) >= 11 is 0. The molecule has 0 bridgehead atoms.